The van der Waals surface area contributed by atoms with Gasteiger partial charge in [-0.1, -0.05) is 6.07 Å². The van der Waals surface area contributed by atoms with Crippen molar-refractivity contribution in [3.05, 3.63) is 45.6 Å². The molecule has 9 heteroatoms. The normalized spacial score (nSPS) is 14.2. The molecule has 2 aromatic rings. The van der Waals surface area contributed by atoms with Crippen molar-refractivity contribution in [3.8, 4) is 28.4 Å². The van der Waals surface area contributed by atoms with Crippen LogP contribution in [0.15, 0.2) is 29.1 Å². The third kappa shape index (κ3) is 5.67. The van der Waals surface area contributed by atoms with E-state index in [9.17, 15) is 14.4 Å². The lowest BCUT2D eigenvalue weighted by atomic mass is 9.95. The Morgan fingerprint density at radius 1 is 1.06 bits per heavy atom. The number of benzene rings is 1. The maximum Gasteiger partial charge on any atom is 0.239 e. The van der Waals surface area contributed by atoms with Crippen molar-refractivity contribution in [2.75, 3.05) is 33.2 Å². The lowest BCUT2D eigenvalue weighted by Gasteiger charge is -2.19. The highest BCUT2D eigenvalue weighted by Gasteiger charge is 2.29. The molecule has 0 bridgehead atoms. The van der Waals surface area contributed by atoms with Gasteiger partial charge in [0.1, 0.15) is 0 Å². The maximum atomic E-state index is 13.2. The van der Waals surface area contributed by atoms with E-state index in [2.05, 4.69) is 16.0 Å². The van der Waals surface area contributed by atoms with Gasteiger partial charge in [-0.15, -0.1) is 0 Å². The molecule has 2 aromatic carbocycles. The van der Waals surface area contributed by atoms with E-state index in [1.165, 1.54) is 20.1 Å². The number of carbonyl (C=O) groups excluding carboxylic acids is 2. The Labute approximate surface area is 205 Å². The molecule has 1 aliphatic carbocycles. The summed E-state index contributed by atoms with van der Waals surface area (Å²) in [5.41, 5.74) is 3.09. The van der Waals surface area contributed by atoms with Crippen LogP contribution in [0.1, 0.15) is 44.4 Å². The van der Waals surface area contributed by atoms with E-state index >= 15 is 0 Å². The predicted molar refractivity (Wildman–Crippen MR) is 134 cm³/mol. The summed E-state index contributed by atoms with van der Waals surface area (Å²) in [5, 5.41) is 8.70. The van der Waals surface area contributed by atoms with E-state index in [0.29, 0.717) is 35.7 Å². The van der Waals surface area contributed by atoms with E-state index in [1.54, 1.807) is 20.3 Å². The van der Waals surface area contributed by atoms with Gasteiger partial charge in [-0.3, -0.25) is 14.4 Å². The molecule has 35 heavy (non-hydrogen) atoms. The Morgan fingerprint density at radius 2 is 1.77 bits per heavy atom. The van der Waals surface area contributed by atoms with Gasteiger partial charge in [0.2, 0.25) is 23.0 Å². The van der Waals surface area contributed by atoms with Gasteiger partial charge in [-0.2, -0.15) is 0 Å². The third-order valence-corrected chi connectivity index (χ3v) is 5.81. The fourth-order valence-electron chi connectivity index (χ4n) is 4.40. The quantitative estimate of drug-likeness (QED) is 0.529. The lowest BCUT2D eigenvalue weighted by molar-refractivity contribution is -0.120. The van der Waals surface area contributed by atoms with Crippen molar-refractivity contribution in [2.45, 2.75) is 45.7 Å². The smallest absolute Gasteiger partial charge is 0.239 e. The standard InChI is InChI=1S/C26H33N3O6/c1-14(2)28-23(32)13-27-20-10-8-17-18(12-21(20)31)19(29-15(3)30)9-7-16-11-22(33-4)25(34-5)26(35-6)24(16)17/h8,10-12,14,19H,7,9,13H2,1-6H3,(H,27,31)(H,28,32)(H,29,30)/t19-/m0/s1. The van der Waals surface area contributed by atoms with Crippen molar-refractivity contribution in [1.82, 2.24) is 10.6 Å². The monoisotopic (exact) mass is 483 g/mol. The number of hydrogen-bond donors (Lipinski definition) is 3. The molecule has 0 spiro atoms. The molecule has 0 unspecified atom stereocenters. The topological polar surface area (TPSA) is 115 Å². The minimum absolute atomic E-state index is 0.00618. The maximum absolute atomic E-state index is 13.2. The Kier molecular flexibility index (Phi) is 8.22. The van der Waals surface area contributed by atoms with Crippen LogP contribution in [0.5, 0.6) is 17.2 Å². The number of fused-ring (bicyclic) bond motifs is 3. The summed E-state index contributed by atoms with van der Waals surface area (Å²) < 4.78 is 16.9. The molecule has 1 aliphatic rings. The van der Waals surface area contributed by atoms with Crippen molar-refractivity contribution in [3.63, 3.8) is 0 Å². The molecule has 3 N–H and O–H groups in total. The molecule has 9 nitrogen and oxygen atoms in total. The second-order valence-electron chi connectivity index (χ2n) is 8.67. The molecular formula is C26H33N3O6. The van der Waals surface area contributed by atoms with Crippen LogP contribution in [0.25, 0.3) is 11.1 Å². The van der Waals surface area contributed by atoms with Crippen LogP contribution in [-0.4, -0.2) is 45.7 Å². The number of rotatable bonds is 8. The molecule has 0 radical (unpaired) electrons. The number of nitrogens with one attached hydrogen (secondary N) is 3. The van der Waals surface area contributed by atoms with Crippen LogP contribution >= 0.6 is 0 Å². The minimum atomic E-state index is -0.395. The number of methoxy groups -OCH3 is 3. The molecule has 1 atom stereocenters. The zero-order chi connectivity index (χ0) is 25.7. The van der Waals surface area contributed by atoms with Crippen molar-refractivity contribution in [2.24, 2.45) is 0 Å². The van der Waals surface area contributed by atoms with Gasteiger partial charge >= 0.3 is 0 Å². The highest BCUT2D eigenvalue weighted by atomic mass is 16.5. The number of amides is 2. The number of anilines is 1. The van der Waals surface area contributed by atoms with E-state index in [4.69, 9.17) is 14.2 Å². The summed E-state index contributed by atoms with van der Waals surface area (Å²) >= 11 is 0. The molecule has 0 aromatic heterocycles. The molecule has 2 amide bonds. The average molecular weight is 484 g/mol. The molecule has 0 fully saturated rings. The summed E-state index contributed by atoms with van der Waals surface area (Å²) in [5.74, 6) is 1.04. The molecule has 0 saturated heterocycles. The first-order chi connectivity index (χ1) is 16.7. The Balaban J connectivity index is 2.22. The van der Waals surface area contributed by atoms with E-state index in [1.807, 2.05) is 26.0 Å². The number of hydrogen-bond acceptors (Lipinski definition) is 7. The average Bonchev–Trinajstić information content (AvgIpc) is 3.04. The molecule has 188 valence electrons. The van der Waals surface area contributed by atoms with Crippen LogP contribution in [-0.2, 0) is 16.0 Å². The summed E-state index contributed by atoms with van der Waals surface area (Å²) in [6, 6.07) is 6.48. The van der Waals surface area contributed by atoms with Gasteiger partial charge in [0.15, 0.2) is 11.5 Å². The minimum Gasteiger partial charge on any atom is -0.493 e. The van der Waals surface area contributed by atoms with Gasteiger partial charge in [0.05, 0.1) is 39.6 Å². The van der Waals surface area contributed by atoms with Gasteiger partial charge in [0, 0.05) is 18.5 Å². The van der Waals surface area contributed by atoms with Gasteiger partial charge < -0.3 is 30.2 Å². The number of ether oxygens (including phenoxy) is 3. The second kappa shape index (κ2) is 11.1. The molecule has 0 saturated carbocycles. The largest absolute Gasteiger partial charge is 0.493 e. The second-order valence-corrected chi connectivity index (χ2v) is 8.67. The first-order valence-corrected chi connectivity index (χ1v) is 11.5. The van der Waals surface area contributed by atoms with E-state index in [-0.39, 0.29) is 35.5 Å². The van der Waals surface area contributed by atoms with Crippen molar-refractivity contribution in [1.29, 1.82) is 0 Å². The first kappa shape index (κ1) is 25.9. The zero-order valence-electron chi connectivity index (χ0n) is 21.0. The van der Waals surface area contributed by atoms with Crippen molar-refractivity contribution >= 4 is 17.5 Å². The zero-order valence-corrected chi connectivity index (χ0v) is 21.0. The fraction of sp³-hybridized carbons (Fsp3) is 0.423. The lowest BCUT2D eigenvalue weighted by Crippen LogP contribution is -2.35. The predicted octanol–water partition coefficient (Wildman–Crippen LogP) is 2.80. The summed E-state index contributed by atoms with van der Waals surface area (Å²) in [4.78, 5) is 37.3. The highest BCUT2D eigenvalue weighted by Crippen LogP contribution is 2.50. The van der Waals surface area contributed by atoms with Gasteiger partial charge in [-0.05, 0) is 61.6 Å². The van der Waals surface area contributed by atoms with E-state index in [0.717, 1.165) is 16.7 Å². The third-order valence-electron chi connectivity index (χ3n) is 5.81. The molecule has 0 aliphatic heterocycles. The van der Waals surface area contributed by atoms with Crippen molar-refractivity contribution < 1.29 is 23.8 Å². The van der Waals surface area contributed by atoms with Gasteiger partial charge in [0.25, 0.3) is 0 Å². The molecule has 0 heterocycles. The van der Waals surface area contributed by atoms with Crippen LogP contribution in [0.2, 0.25) is 0 Å². The number of carbonyl (C=O) groups is 2. The Morgan fingerprint density at radius 3 is 2.37 bits per heavy atom. The van der Waals surface area contributed by atoms with Crippen LogP contribution < -0.4 is 35.6 Å². The summed E-state index contributed by atoms with van der Waals surface area (Å²) in [6.07, 6.45) is 1.19. The Hall–Kier alpha value is -3.75. The van der Waals surface area contributed by atoms with Gasteiger partial charge in [-0.25, -0.2) is 0 Å². The Bertz CT molecular complexity index is 1180. The summed E-state index contributed by atoms with van der Waals surface area (Å²) in [7, 11) is 4.65. The first-order valence-electron chi connectivity index (χ1n) is 11.5. The van der Waals surface area contributed by atoms with E-state index < -0.39 is 6.04 Å². The van der Waals surface area contributed by atoms with Crippen LogP contribution in [0.3, 0.4) is 0 Å². The van der Waals surface area contributed by atoms with Crippen LogP contribution in [0.4, 0.5) is 5.69 Å². The SMILES string of the molecule is COc1cc2c(c(OC)c1OC)-c1ccc(NCC(=O)NC(C)C)c(=O)cc1[C@@H](NC(C)=O)CC2. The fourth-order valence-corrected chi connectivity index (χ4v) is 4.40. The molecular weight excluding hydrogens is 450 g/mol. The molecule has 3 rings (SSSR count). The van der Waals surface area contributed by atoms with Crippen LogP contribution in [0, 0.1) is 0 Å². The number of aryl methyl sites for hydroxylation is 1. The highest BCUT2D eigenvalue weighted by molar-refractivity contribution is 5.84. The summed E-state index contributed by atoms with van der Waals surface area (Å²) in [6.45, 7) is 5.15.